The van der Waals surface area contributed by atoms with E-state index in [-0.39, 0.29) is 5.78 Å². The van der Waals surface area contributed by atoms with Gasteiger partial charge in [0, 0.05) is 22.5 Å². The Morgan fingerprint density at radius 1 is 1.40 bits per heavy atom. The minimum absolute atomic E-state index is 0.0872. The highest BCUT2D eigenvalue weighted by Gasteiger charge is 2.30. The molecule has 2 N–H and O–H groups in total. The summed E-state index contributed by atoms with van der Waals surface area (Å²) in [5, 5.41) is 0.637. The summed E-state index contributed by atoms with van der Waals surface area (Å²) in [6.45, 7) is 4.23. The molecule has 0 aliphatic rings. The van der Waals surface area contributed by atoms with Gasteiger partial charge in [0.1, 0.15) is 0 Å². The Morgan fingerprint density at radius 2 is 1.93 bits per heavy atom. The van der Waals surface area contributed by atoms with Gasteiger partial charge >= 0.3 is 0 Å². The number of halogens is 1. The third-order valence-electron chi connectivity index (χ3n) is 2.89. The zero-order valence-electron chi connectivity index (χ0n) is 9.09. The first kappa shape index (κ1) is 12.2. The highest BCUT2D eigenvalue weighted by Crippen LogP contribution is 2.25. The van der Waals surface area contributed by atoms with Crippen LogP contribution in [-0.4, -0.2) is 12.3 Å². The van der Waals surface area contributed by atoms with Gasteiger partial charge in [0.25, 0.3) is 0 Å². The lowest BCUT2D eigenvalue weighted by Gasteiger charge is -2.24. The Balaban J connectivity index is 2.98. The Labute approximate surface area is 95.4 Å². The normalized spacial score (nSPS) is 14.7. The van der Waals surface area contributed by atoms with Crippen LogP contribution in [0.15, 0.2) is 24.3 Å². The topological polar surface area (TPSA) is 43.1 Å². The van der Waals surface area contributed by atoms with Crippen LogP contribution in [0.2, 0.25) is 5.02 Å². The molecule has 0 amide bonds. The van der Waals surface area contributed by atoms with Crippen molar-refractivity contribution in [1.82, 2.24) is 0 Å². The van der Waals surface area contributed by atoms with Crippen LogP contribution in [0, 0.1) is 5.41 Å². The second kappa shape index (κ2) is 4.77. The standard InChI is InChI=1S/C12H16ClNO/c1-3-12(2,8-14)11(15)9-4-6-10(13)7-5-9/h4-7H,3,8,14H2,1-2H3. The molecule has 2 nitrogen and oxygen atoms in total. The SMILES string of the molecule is CCC(C)(CN)C(=O)c1ccc(Cl)cc1. The molecular formula is C12H16ClNO. The van der Waals surface area contributed by atoms with E-state index in [0.29, 0.717) is 17.1 Å². The van der Waals surface area contributed by atoms with Crippen molar-refractivity contribution < 1.29 is 4.79 Å². The van der Waals surface area contributed by atoms with Gasteiger partial charge in [0.05, 0.1) is 0 Å². The lowest BCUT2D eigenvalue weighted by Crippen LogP contribution is -2.35. The molecule has 0 saturated carbocycles. The molecule has 0 aliphatic heterocycles. The monoisotopic (exact) mass is 225 g/mol. The maximum Gasteiger partial charge on any atom is 0.169 e. The van der Waals surface area contributed by atoms with Gasteiger partial charge in [-0.25, -0.2) is 0 Å². The van der Waals surface area contributed by atoms with Gasteiger partial charge in [-0.1, -0.05) is 25.4 Å². The van der Waals surface area contributed by atoms with E-state index in [4.69, 9.17) is 17.3 Å². The fourth-order valence-electron chi connectivity index (χ4n) is 1.35. The molecule has 1 aromatic carbocycles. The van der Waals surface area contributed by atoms with Crippen LogP contribution in [0.25, 0.3) is 0 Å². The molecule has 0 saturated heterocycles. The number of nitrogens with two attached hydrogens (primary N) is 1. The van der Waals surface area contributed by atoms with Crippen molar-refractivity contribution in [3.8, 4) is 0 Å². The first-order chi connectivity index (χ1) is 7.03. The Kier molecular flexibility index (Phi) is 3.89. The maximum absolute atomic E-state index is 12.1. The zero-order chi connectivity index (χ0) is 11.5. The molecule has 1 unspecified atom stereocenters. The Morgan fingerprint density at radius 3 is 2.33 bits per heavy atom. The van der Waals surface area contributed by atoms with E-state index in [1.807, 2.05) is 13.8 Å². The van der Waals surface area contributed by atoms with E-state index in [9.17, 15) is 4.79 Å². The maximum atomic E-state index is 12.1. The van der Waals surface area contributed by atoms with E-state index < -0.39 is 5.41 Å². The van der Waals surface area contributed by atoms with Crippen molar-refractivity contribution in [2.75, 3.05) is 6.54 Å². The molecule has 0 radical (unpaired) electrons. The van der Waals surface area contributed by atoms with Gasteiger partial charge in [-0.3, -0.25) is 4.79 Å². The summed E-state index contributed by atoms with van der Waals surface area (Å²) in [4.78, 5) is 12.1. The van der Waals surface area contributed by atoms with Gasteiger partial charge < -0.3 is 5.73 Å². The van der Waals surface area contributed by atoms with Gasteiger partial charge in [-0.15, -0.1) is 0 Å². The second-order valence-electron chi connectivity index (χ2n) is 3.95. The second-order valence-corrected chi connectivity index (χ2v) is 4.39. The molecule has 3 heteroatoms. The van der Waals surface area contributed by atoms with Crippen LogP contribution in [-0.2, 0) is 0 Å². The van der Waals surface area contributed by atoms with Crippen LogP contribution in [0.5, 0.6) is 0 Å². The van der Waals surface area contributed by atoms with Crippen LogP contribution in [0.4, 0.5) is 0 Å². The molecular weight excluding hydrogens is 210 g/mol. The van der Waals surface area contributed by atoms with Gasteiger partial charge in [0.15, 0.2) is 5.78 Å². The third kappa shape index (κ3) is 2.58. The number of hydrogen-bond acceptors (Lipinski definition) is 2. The summed E-state index contributed by atoms with van der Waals surface area (Å²) in [5.74, 6) is 0.0872. The molecule has 1 aromatic rings. The van der Waals surface area contributed by atoms with E-state index >= 15 is 0 Å². The summed E-state index contributed by atoms with van der Waals surface area (Å²) in [6.07, 6.45) is 0.741. The number of ketones is 1. The smallest absolute Gasteiger partial charge is 0.169 e. The molecule has 0 bridgehead atoms. The van der Waals surface area contributed by atoms with Gasteiger partial charge in [-0.2, -0.15) is 0 Å². The lowest BCUT2D eigenvalue weighted by atomic mass is 9.80. The minimum Gasteiger partial charge on any atom is -0.329 e. The summed E-state index contributed by atoms with van der Waals surface area (Å²) in [5.41, 5.74) is 5.85. The first-order valence-electron chi connectivity index (χ1n) is 5.04. The van der Waals surface area contributed by atoms with Crippen LogP contribution >= 0.6 is 11.6 Å². The number of Topliss-reactive ketones (excluding diaryl/α,β-unsaturated/α-hetero) is 1. The quantitative estimate of drug-likeness (QED) is 0.801. The van der Waals surface area contributed by atoms with E-state index in [1.54, 1.807) is 24.3 Å². The van der Waals surface area contributed by atoms with Gasteiger partial charge in [-0.05, 0) is 30.7 Å². The zero-order valence-corrected chi connectivity index (χ0v) is 9.84. The van der Waals surface area contributed by atoms with Crippen LogP contribution in [0.1, 0.15) is 30.6 Å². The molecule has 0 heterocycles. The van der Waals surface area contributed by atoms with Crippen molar-refractivity contribution >= 4 is 17.4 Å². The lowest BCUT2D eigenvalue weighted by molar-refractivity contribution is 0.0820. The molecule has 1 rings (SSSR count). The van der Waals surface area contributed by atoms with Crippen LogP contribution in [0.3, 0.4) is 0 Å². The largest absolute Gasteiger partial charge is 0.329 e. The van der Waals surface area contributed by atoms with E-state index in [0.717, 1.165) is 6.42 Å². The summed E-state index contributed by atoms with van der Waals surface area (Å²) >= 11 is 5.76. The number of carbonyl (C=O) groups is 1. The predicted octanol–water partition coefficient (Wildman–Crippen LogP) is 2.90. The molecule has 82 valence electrons. The van der Waals surface area contributed by atoms with E-state index in [1.165, 1.54) is 0 Å². The number of rotatable bonds is 4. The Hall–Kier alpha value is -0.860. The molecule has 0 spiro atoms. The van der Waals surface area contributed by atoms with Crippen molar-refractivity contribution in [1.29, 1.82) is 0 Å². The molecule has 1 atom stereocenters. The average Bonchev–Trinajstić information content (AvgIpc) is 2.28. The highest BCUT2D eigenvalue weighted by molar-refractivity contribution is 6.30. The van der Waals surface area contributed by atoms with Gasteiger partial charge in [0.2, 0.25) is 0 Å². The summed E-state index contributed by atoms with van der Waals surface area (Å²) < 4.78 is 0. The minimum atomic E-state index is -0.464. The van der Waals surface area contributed by atoms with E-state index in [2.05, 4.69) is 0 Å². The summed E-state index contributed by atoms with van der Waals surface area (Å²) in [6, 6.07) is 6.94. The number of hydrogen-bond donors (Lipinski definition) is 1. The fourth-order valence-corrected chi connectivity index (χ4v) is 1.47. The molecule has 0 aliphatic carbocycles. The summed E-state index contributed by atoms with van der Waals surface area (Å²) in [7, 11) is 0. The van der Waals surface area contributed by atoms with Crippen molar-refractivity contribution in [2.24, 2.45) is 11.1 Å². The Bertz CT molecular complexity index is 341. The van der Waals surface area contributed by atoms with Crippen molar-refractivity contribution in [3.63, 3.8) is 0 Å². The predicted molar refractivity (Wildman–Crippen MR) is 63.2 cm³/mol. The van der Waals surface area contributed by atoms with Crippen molar-refractivity contribution in [2.45, 2.75) is 20.3 Å². The van der Waals surface area contributed by atoms with Crippen LogP contribution < -0.4 is 5.73 Å². The third-order valence-corrected chi connectivity index (χ3v) is 3.14. The number of carbonyl (C=O) groups excluding carboxylic acids is 1. The molecule has 0 fully saturated rings. The molecule has 15 heavy (non-hydrogen) atoms. The number of benzene rings is 1. The molecule has 0 aromatic heterocycles. The highest BCUT2D eigenvalue weighted by atomic mass is 35.5. The first-order valence-corrected chi connectivity index (χ1v) is 5.41. The van der Waals surface area contributed by atoms with Crippen molar-refractivity contribution in [3.05, 3.63) is 34.9 Å². The fraction of sp³-hybridized carbons (Fsp3) is 0.417. The average molecular weight is 226 g/mol.